The normalized spacial score (nSPS) is 25.1. The lowest BCUT2D eigenvalue weighted by atomic mass is 9.68. The number of nitriles is 1. The highest BCUT2D eigenvalue weighted by molar-refractivity contribution is 5.93. The number of rotatable bonds is 6. The molecule has 1 amide bonds. The molecule has 7 heteroatoms. The number of hydrogen-bond acceptors (Lipinski definition) is 5. The number of fused-ring (bicyclic) bond motifs is 3. The Bertz CT molecular complexity index is 1330. The molecule has 3 aromatic rings. The Balaban J connectivity index is 1.37. The number of amides is 1. The summed E-state index contributed by atoms with van der Waals surface area (Å²) >= 11 is 0. The predicted molar refractivity (Wildman–Crippen MR) is 132 cm³/mol. The minimum atomic E-state index is -0.317. The van der Waals surface area contributed by atoms with Crippen LogP contribution in [0.1, 0.15) is 50.8 Å². The van der Waals surface area contributed by atoms with Crippen molar-refractivity contribution in [2.75, 3.05) is 6.61 Å². The summed E-state index contributed by atoms with van der Waals surface area (Å²) in [6.45, 7) is 4.61. The van der Waals surface area contributed by atoms with Crippen LogP contribution in [0.2, 0.25) is 0 Å². The molecule has 2 atom stereocenters. The molecule has 7 nitrogen and oxygen atoms in total. The summed E-state index contributed by atoms with van der Waals surface area (Å²) in [5, 5.41) is 17.0. The summed E-state index contributed by atoms with van der Waals surface area (Å²) < 4.78 is 7.42. The molecule has 1 N–H and O–H groups in total. The van der Waals surface area contributed by atoms with Crippen LogP contribution in [0.3, 0.4) is 0 Å². The molecule has 2 fully saturated rings. The molecule has 3 heterocycles. The van der Waals surface area contributed by atoms with Crippen LogP contribution in [0.25, 0.3) is 16.6 Å². The molecule has 2 aliphatic rings. The molecule has 2 unspecified atom stereocenters. The van der Waals surface area contributed by atoms with Gasteiger partial charge in [0, 0.05) is 28.6 Å². The van der Waals surface area contributed by atoms with Crippen molar-refractivity contribution in [2.45, 2.75) is 51.5 Å². The molecule has 178 valence electrons. The molecular weight excluding hydrogens is 438 g/mol. The number of nitrogens with one attached hydrogen (secondary N) is 1. The lowest BCUT2D eigenvalue weighted by molar-refractivity contribution is -0.118. The molecule has 2 bridgehead atoms. The van der Waals surface area contributed by atoms with Crippen LogP contribution in [0.15, 0.2) is 36.8 Å². The van der Waals surface area contributed by atoms with Crippen molar-refractivity contribution in [1.29, 1.82) is 5.26 Å². The van der Waals surface area contributed by atoms with Crippen LogP contribution < -0.4 is 10.1 Å². The fraction of sp³-hybridized carbons (Fsp3) is 0.429. The summed E-state index contributed by atoms with van der Waals surface area (Å²) in [5.41, 5.74) is 3.92. The first-order chi connectivity index (χ1) is 16.9. The van der Waals surface area contributed by atoms with E-state index in [0.717, 1.165) is 41.6 Å². The van der Waals surface area contributed by atoms with Gasteiger partial charge in [-0.15, -0.1) is 6.42 Å². The van der Waals surface area contributed by atoms with E-state index in [1.165, 1.54) is 12.8 Å². The van der Waals surface area contributed by atoms with Crippen LogP contribution in [0.4, 0.5) is 0 Å². The number of carbonyl (C=O) groups is 1. The van der Waals surface area contributed by atoms with Gasteiger partial charge in [0.15, 0.2) is 0 Å². The Labute approximate surface area is 205 Å². The fourth-order valence-corrected chi connectivity index (χ4v) is 6.32. The van der Waals surface area contributed by atoms with E-state index in [1.54, 1.807) is 16.9 Å². The zero-order chi connectivity index (χ0) is 24.6. The fourth-order valence-electron chi connectivity index (χ4n) is 6.32. The minimum Gasteiger partial charge on any atom is -0.492 e. The molecule has 35 heavy (non-hydrogen) atoms. The van der Waals surface area contributed by atoms with Gasteiger partial charge in [0.25, 0.3) is 5.91 Å². The van der Waals surface area contributed by atoms with Crippen LogP contribution in [-0.2, 0) is 11.2 Å². The third-order valence-electron chi connectivity index (χ3n) is 7.69. The first kappa shape index (κ1) is 22.9. The van der Waals surface area contributed by atoms with Gasteiger partial charge < -0.3 is 10.1 Å². The number of terminal acetylenes is 1. The smallest absolute Gasteiger partial charge is 0.296 e. The van der Waals surface area contributed by atoms with E-state index in [2.05, 4.69) is 41.5 Å². The van der Waals surface area contributed by atoms with Crippen molar-refractivity contribution < 1.29 is 9.53 Å². The maximum atomic E-state index is 11.8. The number of pyridine rings is 2. The molecule has 3 aromatic heterocycles. The highest BCUT2D eigenvalue weighted by Gasteiger charge is 2.47. The van der Waals surface area contributed by atoms with E-state index in [1.807, 2.05) is 19.2 Å². The standard InChI is InChI=1S/C28H29N5O2/c1-4-26(34)32-28(3)12-18-6-7-19(13-28)24(18)10-22-9-8-20(15-30-22)25-11-23(35-5-2)17-33-27(25)21(14-29)16-31-33/h1,8-9,11,15-19,24H,5-7,10,12-13H2,2-3H3,(H,32,34). The summed E-state index contributed by atoms with van der Waals surface area (Å²) in [5.74, 6) is 4.26. The van der Waals surface area contributed by atoms with E-state index < -0.39 is 0 Å². The molecule has 0 radical (unpaired) electrons. The van der Waals surface area contributed by atoms with Crippen LogP contribution in [-0.4, -0.2) is 32.7 Å². The van der Waals surface area contributed by atoms with Gasteiger partial charge in [-0.2, -0.15) is 10.4 Å². The first-order valence-corrected chi connectivity index (χ1v) is 12.2. The quantitative estimate of drug-likeness (QED) is 0.550. The number of ether oxygens (including phenoxy) is 1. The maximum absolute atomic E-state index is 11.8. The predicted octanol–water partition coefficient (Wildman–Crippen LogP) is 4.15. The van der Waals surface area contributed by atoms with Crippen molar-refractivity contribution in [3.05, 3.63) is 48.0 Å². The lowest BCUT2D eigenvalue weighted by Crippen LogP contribution is -2.51. The topological polar surface area (TPSA) is 92.3 Å². The summed E-state index contributed by atoms with van der Waals surface area (Å²) in [6, 6.07) is 8.35. The van der Waals surface area contributed by atoms with Crippen molar-refractivity contribution in [3.63, 3.8) is 0 Å². The summed E-state index contributed by atoms with van der Waals surface area (Å²) in [7, 11) is 0. The number of hydrogen-bond donors (Lipinski definition) is 1. The largest absolute Gasteiger partial charge is 0.492 e. The monoisotopic (exact) mass is 467 g/mol. The number of carbonyl (C=O) groups excluding carboxylic acids is 1. The second-order valence-corrected chi connectivity index (χ2v) is 10.1. The van der Waals surface area contributed by atoms with Gasteiger partial charge in [0.05, 0.1) is 30.1 Å². The van der Waals surface area contributed by atoms with Crippen molar-refractivity contribution in [2.24, 2.45) is 17.8 Å². The molecule has 2 saturated carbocycles. The Kier molecular flexibility index (Phi) is 5.94. The average molecular weight is 468 g/mol. The zero-order valence-corrected chi connectivity index (χ0v) is 20.1. The minimum absolute atomic E-state index is 0.219. The Morgan fingerprint density at radius 2 is 2.09 bits per heavy atom. The van der Waals surface area contributed by atoms with Crippen LogP contribution in [0.5, 0.6) is 5.75 Å². The Morgan fingerprint density at radius 3 is 2.71 bits per heavy atom. The average Bonchev–Trinajstić information content (AvgIpc) is 3.37. The highest BCUT2D eigenvalue weighted by atomic mass is 16.5. The van der Waals surface area contributed by atoms with Gasteiger partial charge in [0.2, 0.25) is 0 Å². The maximum Gasteiger partial charge on any atom is 0.296 e. The van der Waals surface area contributed by atoms with Gasteiger partial charge >= 0.3 is 0 Å². The first-order valence-electron chi connectivity index (χ1n) is 12.2. The number of nitrogens with zero attached hydrogens (tertiary/aromatic N) is 4. The number of aromatic nitrogens is 3. The second kappa shape index (κ2) is 9.07. The molecular formula is C28H29N5O2. The molecule has 2 aliphatic carbocycles. The molecule has 0 aromatic carbocycles. The lowest BCUT2D eigenvalue weighted by Gasteiger charge is -2.42. The molecule has 5 rings (SSSR count). The summed E-state index contributed by atoms with van der Waals surface area (Å²) in [6.07, 6.45) is 15.8. The van der Waals surface area contributed by atoms with Gasteiger partial charge in [-0.1, -0.05) is 6.07 Å². The Hall–Kier alpha value is -3.84. The van der Waals surface area contributed by atoms with Gasteiger partial charge in [-0.25, -0.2) is 4.52 Å². The van der Waals surface area contributed by atoms with E-state index in [4.69, 9.17) is 16.1 Å². The van der Waals surface area contributed by atoms with Gasteiger partial charge in [0.1, 0.15) is 11.8 Å². The molecule has 0 spiro atoms. The molecule has 0 aliphatic heterocycles. The van der Waals surface area contributed by atoms with Crippen LogP contribution >= 0.6 is 0 Å². The van der Waals surface area contributed by atoms with Crippen molar-refractivity contribution in [3.8, 4) is 35.3 Å². The van der Waals surface area contributed by atoms with Gasteiger partial charge in [-0.3, -0.25) is 9.78 Å². The molecule has 0 saturated heterocycles. The van der Waals surface area contributed by atoms with Crippen LogP contribution in [0, 0.1) is 41.4 Å². The second-order valence-electron chi connectivity index (χ2n) is 10.1. The third kappa shape index (κ3) is 4.35. The van der Waals surface area contributed by atoms with Crippen molar-refractivity contribution in [1.82, 2.24) is 19.9 Å². The Morgan fingerprint density at radius 1 is 1.31 bits per heavy atom. The van der Waals surface area contributed by atoms with E-state index in [9.17, 15) is 10.1 Å². The highest BCUT2D eigenvalue weighted by Crippen LogP contribution is 2.51. The van der Waals surface area contributed by atoms with E-state index >= 15 is 0 Å². The SMILES string of the molecule is C#CC(=O)NC1(C)CC2CCC(C1)C2Cc1ccc(-c2cc(OCC)cn3ncc(C#N)c23)cn1. The zero-order valence-electron chi connectivity index (χ0n) is 20.1. The summed E-state index contributed by atoms with van der Waals surface area (Å²) in [4.78, 5) is 16.6. The van der Waals surface area contributed by atoms with E-state index in [-0.39, 0.29) is 11.4 Å². The van der Waals surface area contributed by atoms with Crippen molar-refractivity contribution >= 4 is 11.4 Å². The van der Waals surface area contributed by atoms with E-state index in [0.29, 0.717) is 35.7 Å². The van der Waals surface area contributed by atoms with Gasteiger partial charge in [-0.05, 0) is 81.8 Å². The third-order valence-corrected chi connectivity index (χ3v) is 7.69.